The lowest BCUT2D eigenvalue weighted by Gasteiger charge is -2.18. The largest absolute Gasteiger partial charge is 0.478 e. The Balaban J connectivity index is 2.28. The van der Waals surface area contributed by atoms with E-state index in [0.717, 1.165) is 12.2 Å². The van der Waals surface area contributed by atoms with E-state index >= 15 is 0 Å². The first-order chi connectivity index (χ1) is 12.7. The summed E-state index contributed by atoms with van der Waals surface area (Å²) in [6, 6.07) is 7.93. The van der Waals surface area contributed by atoms with Gasteiger partial charge in [-0.3, -0.25) is 10.8 Å². The van der Waals surface area contributed by atoms with Crippen molar-refractivity contribution in [1.82, 2.24) is 0 Å². The van der Waals surface area contributed by atoms with E-state index < -0.39 is 46.0 Å². The third-order valence-electron chi connectivity index (χ3n) is 4.28. The molecule has 0 fully saturated rings. The van der Waals surface area contributed by atoms with Crippen molar-refractivity contribution in [2.75, 3.05) is 0 Å². The number of hydrogen-bond acceptors (Lipinski definition) is 3. The molecule has 0 unspecified atom stereocenters. The fraction of sp³-hybridized carbons (Fsp3) is 0.0500. The van der Waals surface area contributed by atoms with E-state index in [4.69, 9.17) is 15.9 Å². The van der Waals surface area contributed by atoms with Gasteiger partial charge < -0.3 is 5.11 Å². The van der Waals surface area contributed by atoms with Crippen LogP contribution in [0.25, 0.3) is 16.7 Å². The Labute approximate surface area is 152 Å². The van der Waals surface area contributed by atoms with E-state index in [9.17, 15) is 18.0 Å². The SMILES string of the molecule is Cc1c(F)c(C2=CC(=N)C(=N)C(C(=O)O)=C2)c(F)c(F)c1-c1ccccc1. The Morgan fingerprint density at radius 2 is 1.52 bits per heavy atom. The van der Waals surface area contributed by atoms with E-state index in [1.54, 1.807) is 18.2 Å². The average molecular weight is 370 g/mol. The fourth-order valence-electron chi connectivity index (χ4n) is 2.93. The van der Waals surface area contributed by atoms with Crippen molar-refractivity contribution < 1.29 is 23.1 Å². The second-order valence-electron chi connectivity index (χ2n) is 5.93. The number of allylic oxidation sites excluding steroid dienone is 3. The summed E-state index contributed by atoms with van der Waals surface area (Å²) in [5.74, 6) is -5.32. The van der Waals surface area contributed by atoms with Crippen molar-refractivity contribution in [2.24, 2.45) is 0 Å². The predicted octanol–water partition coefficient (Wildman–Crippen LogP) is 4.53. The Morgan fingerprint density at radius 3 is 2.11 bits per heavy atom. The van der Waals surface area contributed by atoms with Gasteiger partial charge in [-0.05, 0) is 35.8 Å². The van der Waals surface area contributed by atoms with Gasteiger partial charge in [-0.1, -0.05) is 30.3 Å². The normalized spacial score (nSPS) is 14.1. The maximum Gasteiger partial charge on any atom is 0.337 e. The highest BCUT2D eigenvalue weighted by Gasteiger charge is 2.29. The number of carbonyl (C=O) groups is 1. The molecule has 2 aromatic carbocycles. The van der Waals surface area contributed by atoms with Gasteiger partial charge in [-0.25, -0.2) is 18.0 Å². The fourth-order valence-corrected chi connectivity index (χ4v) is 2.93. The van der Waals surface area contributed by atoms with Gasteiger partial charge in [0.1, 0.15) is 5.82 Å². The number of benzene rings is 2. The zero-order valence-corrected chi connectivity index (χ0v) is 14.0. The summed E-state index contributed by atoms with van der Waals surface area (Å²) in [4.78, 5) is 11.2. The first kappa shape index (κ1) is 18.3. The molecule has 7 heteroatoms. The molecule has 0 amide bonds. The van der Waals surface area contributed by atoms with E-state index in [2.05, 4.69) is 0 Å². The summed E-state index contributed by atoms with van der Waals surface area (Å²) in [6.07, 6.45) is 1.81. The van der Waals surface area contributed by atoms with Gasteiger partial charge in [0, 0.05) is 5.56 Å². The van der Waals surface area contributed by atoms with E-state index in [0.29, 0.717) is 5.56 Å². The molecule has 0 aromatic heterocycles. The van der Waals surface area contributed by atoms with Crippen LogP contribution in [0.4, 0.5) is 13.2 Å². The second kappa shape index (κ2) is 6.68. The number of rotatable bonds is 3. The molecule has 0 spiro atoms. The summed E-state index contributed by atoms with van der Waals surface area (Å²) in [5, 5.41) is 24.4. The molecule has 2 aromatic rings. The molecule has 3 rings (SSSR count). The molecule has 1 aliphatic carbocycles. The molecule has 0 radical (unpaired) electrons. The van der Waals surface area contributed by atoms with Crippen molar-refractivity contribution in [2.45, 2.75) is 6.92 Å². The summed E-state index contributed by atoms with van der Waals surface area (Å²) in [5.41, 5.74) is -2.87. The smallest absolute Gasteiger partial charge is 0.337 e. The molecule has 4 nitrogen and oxygen atoms in total. The van der Waals surface area contributed by atoms with E-state index in [1.165, 1.54) is 19.1 Å². The minimum absolute atomic E-state index is 0.145. The predicted molar refractivity (Wildman–Crippen MR) is 95.6 cm³/mol. The number of carboxylic acid groups (broad SMARTS) is 1. The van der Waals surface area contributed by atoms with Crippen LogP contribution in [0.3, 0.4) is 0 Å². The summed E-state index contributed by atoms with van der Waals surface area (Å²) >= 11 is 0. The van der Waals surface area contributed by atoms with Gasteiger partial charge >= 0.3 is 5.97 Å². The van der Waals surface area contributed by atoms with Crippen LogP contribution in [0, 0.1) is 35.2 Å². The lowest BCUT2D eigenvalue weighted by Crippen LogP contribution is -2.22. The molecule has 3 N–H and O–H groups in total. The zero-order chi connectivity index (χ0) is 19.9. The van der Waals surface area contributed by atoms with E-state index in [-0.39, 0.29) is 16.7 Å². The van der Waals surface area contributed by atoms with Gasteiger partial charge in [0.15, 0.2) is 11.6 Å². The number of hydrogen-bond donors (Lipinski definition) is 3. The molecule has 0 heterocycles. The second-order valence-corrected chi connectivity index (χ2v) is 5.93. The van der Waals surface area contributed by atoms with Crippen LogP contribution in [0.5, 0.6) is 0 Å². The number of carboxylic acids is 1. The Morgan fingerprint density at radius 1 is 0.926 bits per heavy atom. The van der Waals surface area contributed by atoms with Gasteiger partial charge in [0.2, 0.25) is 0 Å². The third-order valence-corrected chi connectivity index (χ3v) is 4.28. The minimum atomic E-state index is -1.52. The lowest BCUT2D eigenvalue weighted by molar-refractivity contribution is -0.132. The van der Waals surface area contributed by atoms with Crippen molar-refractivity contribution in [1.29, 1.82) is 10.8 Å². The van der Waals surface area contributed by atoms with Crippen molar-refractivity contribution in [3.8, 4) is 11.1 Å². The van der Waals surface area contributed by atoms with Crippen molar-refractivity contribution >= 4 is 23.0 Å². The summed E-state index contributed by atoms with van der Waals surface area (Å²) in [7, 11) is 0. The summed E-state index contributed by atoms with van der Waals surface area (Å²) < 4.78 is 44.5. The number of aliphatic carboxylic acids is 1. The number of halogens is 3. The highest BCUT2D eigenvalue weighted by atomic mass is 19.2. The van der Waals surface area contributed by atoms with Crippen LogP contribution in [-0.2, 0) is 4.79 Å². The highest BCUT2D eigenvalue weighted by Crippen LogP contribution is 2.36. The maximum absolute atomic E-state index is 15.0. The van der Waals surface area contributed by atoms with Gasteiger partial charge in [0.25, 0.3) is 0 Å². The van der Waals surface area contributed by atoms with Crippen LogP contribution in [0.1, 0.15) is 11.1 Å². The highest BCUT2D eigenvalue weighted by molar-refractivity contribution is 6.56. The standard InChI is InChI=1S/C20H13F3N2O2/c1-9-14(10-5-3-2-4-6-10)17(22)18(23)15(16(9)21)11-7-12(20(26)27)19(25)13(24)8-11/h2-8,24-25H,1H3,(H,26,27). The van der Waals surface area contributed by atoms with Crippen LogP contribution >= 0.6 is 0 Å². The van der Waals surface area contributed by atoms with E-state index in [1.807, 2.05) is 0 Å². The molecule has 0 bridgehead atoms. The molecule has 0 aliphatic heterocycles. The van der Waals surface area contributed by atoms with Gasteiger partial charge in [-0.2, -0.15) is 0 Å². The molecule has 0 saturated heterocycles. The topological polar surface area (TPSA) is 85.0 Å². The monoisotopic (exact) mass is 370 g/mol. The molecule has 1 aliphatic rings. The molecular weight excluding hydrogens is 357 g/mol. The van der Waals surface area contributed by atoms with Crippen LogP contribution in [0.15, 0.2) is 48.1 Å². The van der Waals surface area contributed by atoms with Crippen molar-refractivity contribution in [3.63, 3.8) is 0 Å². The molecular formula is C20H13F3N2O2. The zero-order valence-electron chi connectivity index (χ0n) is 14.0. The van der Waals surface area contributed by atoms with Gasteiger partial charge in [0.05, 0.1) is 22.6 Å². The first-order valence-electron chi connectivity index (χ1n) is 7.81. The average Bonchev–Trinajstić information content (AvgIpc) is 2.64. The van der Waals surface area contributed by atoms with Crippen LogP contribution in [-0.4, -0.2) is 22.5 Å². The molecule has 0 saturated carbocycles. The van der Waals surface area contributed by atoms with Crippen LogP contribution < -0.4 is 0 Å². The Bertz CT molecular complexity index is 1040. The number of nitrogens with one attached hydrogen (secondary N) is 2. The molecule has 0 atom stereocenters. The maximum atomic E-state index is 15.0. The van der Waals surface area contributed by atoms with Crippen molar-refractivity contribution in [3.05, 3.63) is 76.6 Å². The minimum Gasteiger partial charge on any atom is -0.478 e. The first-order valence-corrected chi connectivity index (χ1v) is 7.81. The quantitative estimate of drug-likeness (QED) is 0.548. The van der Waals surface area contributed by atoms with Crippen LogP contribution in [0.2, 0.25) is 0 Å². The Hall–Kier alpha value is -3.48. The summed E-state index contributed by atoms with van der Waals surface area (Å²) in [6.45, 7) is 1.29. The Kier molecular flexibility index (Phi) is 4.53. The lowest BCUT2D eigenvalue weighted by atomic mass is 9.88. The van der Waals surface area contributed by atoms with Gasteiger partial charge in [-0.15, -0.1) is 0 Å². The third kappa shape index (κ3) is 2.97. The molecule has 27 heavy (non-hydrogen) atoms. The molecule has 136 valence electrons.